The summed E-state index contributed by atoms with van der Waals surface area (Å²) < 4.78 is 1.22. The van der Waals surface area contributed by atoms with Crippen LogP contribution in [0.25, 0.3) is 0 Å². The Morgan fingerprint density at radius 2 is 2.50 bits per heavy atom. The van der Waals surface area contributed by atoms with Crippen molar-refractivity contribution in [3.8, 4) is 0 Å². The van der Waals surface area contributed by atoms with Crippen LogP contribution in [-0.2, 0) is 0 Å². The van der Waals surface area contributed by atoms with Gasteiger partial charge in [0.25, 0.3) is 0 Å². The topological polar surface area (TPSA) is 12.0 Å². The predicted molar refractivity (Wildman–Crippen MR) is 60.1 cm³/mol. The zero-order valence-corrected chi connectivity index (χ0v) is 9.77. The van der Waals surface area contributed by atoms with Gasteiger partial charge in [0.1, 0.15) is 0 Å². The van der Waals surface area contributed by atoms with Crippen molar-refractivity contribution in [3.63, 3.8) is 0 Å². The van der Waals surface area contributed by atoms with Gasteiger partial charge in [0.15, 0.2) is 0 Å². The molecular weight excluding hydrogens is 254 g/mol. The molecule has 1 unspecified atom stereocenters. The van der Waals surface area contributed by atoms with Gasteiger partial charge in [-0.2, -0.15) is 11.8 Å². The Morgan fingerprint density at radius 3 is 3.08 bits per heavy atom. The van der Waals surface area contributed by atoms with Crippen molar-refractivity contribution in [2.24, 2.45) is 0 Å². The SMILES string of the molecule is Brc1csc(C2CNCCS2)c1. The summed E-state index contributed by atoms with van der Waals surface area (Å²) in [6, 6.07) is 2.23. The largest absolute Gasteiger partial charge is 0.314 e. The first-order valence-electron chi connectivity index (χ1n) is 3.92. The van der Waals surface area contributed by atoms with Crippen LogP contribution in [0.1, 0.15) is 10.1 Å². The van der Waals surface area contributed by atoms with E-state index < -0.39 is 0 Å². The number of hydrogen-bond donors (Lipinski definition) is 1. The maximum atomic E-state index is 3.48. The van der Waals surface area contributed by atoms with E-state index in [1.165, 1.54) is 15.1 Å². The van der Waals surface area contributed by atoms with E-state index in [1.54, 1.807) is 0 Å². The van der Waals surface area contributed by atoms with Crippen molar-refractivity contribution in [1.82, 2.24) is 5.32 Å². The molecule has 1 fully saturated rings. The van der Waals surface area contributed by atoms with Crippen molar-refractivity contribution in [3.05, 3.63) is 20.8 Å². The third-order valence-corrected chi connectivity index (χ3v) is 5.05. The highest BCUT2D eigenvalue weighted by molar-refractivity contribution is 9.10. The molecule has 0 saturated carbocycles. The fourth-order valence-corrected chi connectivity index (χ4v) is 4.06. The fourth-order valence-electron chi connectivity index (χ4n) is 1.25. The van der Waals surface area contributed by atoms with Crippen molar-refractivity contribution in [2.75, 3.05) is 18.8 Å². The van der Waals surface area contributed by atoms with Crippen LogP contribution in [0.5, 0.6) is 0 Å². The van der Waals surface area contributed by atoms with E-state index in [4.69, 9.17) is 0 Å². The van der Waals surface area contributed by atoms with Gasteiger partial charge >= 0.3 is 0 Å². The average molecular weight is 264 g/mol. The molecule has 1 aliphatic heterocycles. The number of thiophene rings is 1. The Hall–Kier alpha value is 0.490. The summed E-state index contributed by atoms with van der Waals surface area (Å²) in [4.78, 5) is 1.49. The average Bonchev–Trinajstić information content (AvgIpc) is 2.54. The quantitative estimate of drug-likeness (QED) is 0.837. The number of halogens is 1. The Bertz CT molecular complexity index is 255. The van der Waals surface area contributed by atoms with Gasteiger partial charge in [0.2, 0.25) is 0 Å². The Balaban J connectivity index is 2.08. The fraction of sp³-hybridized carbons (Fsp3) is 0.500. The van der Waals surface area contributed by atoms with Crippen molar-refractivity contribution < 1.29 is 0 Å². The standard InChI is InChI=1S/C8H10BrNS2/c9-6-3-7(12-5-6)8-4-10-1-2-11-8/h3,5,8,10H,1-2,4H2. The highest BCUT2D eigenvalue weighted by Crippen LogP contribution is 2.35. The Morgan fingerprint density at radius 1 is 1.58 bits per heavy atom. The summed E-state index contributed by atoms with van der Waals surface area (Å²) in [6.45, 7) is 2.28. The van der Waals surface area contributed by atoms with E-state index in [1.807, 2.05) is 11.3 Å². The van der Waals surface area contributed by atoms with E-state index in [0.29, 0.717) is 5.25 Å². The lowest BCUT2D eigenvalue weighted by Crippen LogP contribution is -2.27. The molecule has 0 spiro atoms. The molecule has 0 amide bonds. The van der Waals surface area contributed by atoms with Gasteiger partial charge in [-0.1, -0.05) is 0 Å². The molecule has 1 aromatic heterocycles. The summed E-state index contributed by atoms with van der Waals surface area (Å²) in [6.07, 6.45) is 0. The molecule has 2 heterocycles. The second-order valence-corrected chi connectivity index (χ2v) is 5.90. The molecule has 0 aromatic carbocycles. The zero-order chi connectivity index (χ0) is 8.39. The third-order valence-electron chi connectivity index (χ3n) is 1.83. The summed E-state index contributed by atoms with van der Waals surface area (Å²) >= 11 is 7.38. The van der Waals surface area contributed by atoms with Gasteiger partial charge < -0.3 is 5.32 Å². The van der Waals surface area contributed by atoms with E-state index in [-0.39, 0.29) is 0 Å². The van der Waals surface area contributed by atoms with Gasteiger partial charge in [0, 0.05) is 33.6 Å². The highest BCUT2D eigenvalue weighted by atomic mass is 79.9. The van der Waals surface area contributed by atoms with Gasteiger partial charge in [0.05, 0.1) is 5.25 Å². The lowest BCUT2D eigenvalue weighted by molar-refractivity contribution is 0.694. The van der Waals surface area contributed by atoms with E-state index in [0.717, 1.165) is 13.1 Å². The summed E-state index contributed by atoms with van der Waals surface area (Å²) in [7, 11) is 0. The van der Waals surface area contributed by atoms with Crippen molar-refractivity contribution >= 4 is 39.0 Å². The molecule has 0 bridgehead atoms. The number of thioether (sulfide) groups is 1. The summed E-state index contributed by atoms with van der Waals surface area (Å²) in [5.41, 5.74) is 0. The van der Waals surface area contributed by atoms with Crippen LogP contribution >= 0.6 is 39.0 Å². The summed E-state index contributed by atoms with van der Waals surface area (Å²) in [5, 5.41) is 6.25. The lowest BCUT2D eigenvalue weighted by atomic mass is 10.3. The van der Waals surface area contributed by atoms with Crippen molar-refractivity contribution in [1.29, 1.82) is 0 Å². The summed E-state index contributed by atoms with van der Waals surface area (Å²) in [5.74, 6) is 1.24. The molecule has 1 aromatic rings. The minimum atomic E-state index is 0.676. The monoisotopic (exact) mass is 263 g/mol. The molecule has 12 heavy (non-hydrogen) atoms. The Labute approximate surface area is 89.1 Å². The maximum absolute atomic E-state index is 3.48. The molecule has 4 heteroatoms. The zero-order valence-electron chi connectivity index (χ0n) is 6.55. The molecule has 1 saturated heterocycles. The van der Waals surface area contributed by atoms with Crippen LogP contribution in [0.3, 0.4) is 0 Å². The van der Waals surface area contributed by atoms with Gasteiger partial charge in [-0.05, 0) is 22.0 Å². The third kappa shape index (κ3) is 2.05. The molecular formula is C8H10BrNS2. The minimum absolute atomic E-state index is 0.676. The molecule has 66 valence electrons. The van der Waals surface area contributed by atoms with E-state index >= 15 is 0 Å². The highest BCUT2D eigenvalue weighted by Gasteiger charge is 2.16. The van der Waals surface area contributed by atoms with Gasteiger partial charge in [-0.3, -0.25) is 0 Å². The Kier molecular flexibility index (Phi) is 3.12. The van der Waals surface area contributed by atoms with Crippen LogP contribution in [0.2, 0.25) is 0 Å². The smallest absolute Gasteiger partial charge is 0.0516 e. The van der Waals surface area contributed by atoms with Crippen LogP contribution in [0, 0.1) is 0 Å². The van der Waals surface area contributed by atoms with Gasteiger partial charge in [-0.15, -0.1) is 11.3 Å². The van der Waals surface area contributed by atoms with Crippen LogP contribution in [0.15, 0.2) is 15.9 Å². The molecule has 2 rings (SSSR count). The van der Waals surface area contributed by atoms with Crippen LogP contribution < -0.4 is 5.32 Å². The molecule has 1 atom stereocenters. The normalized spacial score (nSPS) is 24.2. The van der Waals surface area contributed by atoms with Crippen molar-refractivity contribution in [2.45, 2.75) is 5.25 Å². The van der Waals surface area contributed by atoms with E-state index in [9.17, 15) is 0 Å². The second kappa shape index (κ2) is 4.13. The number of rotatable bonds is 1. The lowest BCUT2D eigenvalue weighted by Gasteiger charge is -2.20. The molecule has 1 nitrogen and oxygen atoms in total. The van der Waals surface area contributed by atoms with Crippen LogP contribution in [0.4, 0.5) is 0 Å². The second-order valence-electron chi connectivity index (χ2n) is 2.73. The number of nitrogens with one attached hydrogen (secondary N) is 1. The predicted octanol–water partition coefficient (Wildman–Crippen LogP) is 2.89. The van der Waals surface area contributed by atoms with E-state index in [2.05, 4.69) is 44.5 Å². The number of hydrogen-bond acceptors (Lipinski definition) is 3. The first-order chi connectivity index (χ1) is 5.86. The first-order valence-corrected chi connectivity index (χ1v) is 6.64. The molecule has 0 radical (unpaired) electrons. The minimum Gasteiger partial charge on any atom is -0.314 e. The molecule has 1 N–H and O–H groups in total. The van der Waals surface area contributed by atoms with Gasteiger partial charge in [-0.25, -0.2) is 0 Å². The molecule has 0 aliphatic carbocycles. The first kappa shape index (κ1) is 9.06. The maximum Gasteiger partial charge on any atom is 0.0516 e. The molecule has 1 aliphatic rings. The van der Waals surface area contributed by atoms with Crippen LogP contribution in [-0.4, -0.2) is 18.8 Å².